The third-order valence-corrected chi connectivity index (χ3v) is 1.69. The summed E-state index contributed by atoms with van der Waals surface area (Å²) in [6, 6.07) is -1.07. The summed E-state index contributed by atoms with van der Waals surface area (Å²) < 4.78 is 5.18. The third kappa shape index (κ3) is 7.19. The third-order valence-electron chi connectivity index (χ3n) is 1.69. The molecule has 6 nitrogen and oxygen atoms in total. The number of rotatable bonds is 6. The Morgan fingerprint density at radius 1 is 1.38 bits per heavy atom. The first-order chi connectivity index (χ1) is 7.26. The van der Waals surface area contributed by atoms with Gasteiger partial charge in [-0.15, -0.1) is 0 Å². The second kappa shape index (κ2) is 6.44. The Morgan fingerprint density at radius 3 is 2.31 bits per heavy atom. The van der Waals surface area contributed by atoms with Crippen molar-refractivity contribution in [2.24, 2.45) is 0 Å². The number of aliphatic hydroxyl groups is 1. The molecular weight excluding hydrogens is 214 g/mol. The van der Waals surface area contributed by atoms with Crippen molar-refractivity contribution in [3.05, 3.63) is 0 Å². The highest BCUT2D eigenvalue weighted by molar-refractivity contribution is 5.84. The zero-order valence-electron chi connectivity index (χ0n) is 9.82. The van der Waals surface area contributed by atoms with Gasteiger partial charge in [0.1, 0.15) is 12.6 Å². The zero-order chi connectivity index (χ0) is 12.8. The van der Waals surface area contributed by atoms with Crippen LogP contribution in [0.1, 0.15) is 27.2 Å². The van der Waals surface area contributed by atoms with Crippen LogP contribution in [0.25, 0.3) is 0 Å². The van der Waals surface area contributed by atoms with Gasteiger partial charge in [-0.1, -0.05) is 0 Å². The van der Waals surface area contributed by atoms with E-state index in [1.165, 1.54) is 0 Å². The van der Waals surface area contributed by atoms with Crippen LogP contribution in [-0.2, 0) is 14.3 Å². The van der Waals surface area contributed by atoms with Gasteiger partial charge in [0.15, 0.2) is 0 Å². The standard InChI is InChI=1S/C10H19NO5/c1-10(2,3)16-6-8(13)11-7(4-5-12)9(14)15/h7,12H,4-6H2,1-3H3,(H,11,13)(H,14,15)/t7-/m0/s1. The molecule has 1 amide bonds. The van der Waals surface area contributed by atoms with Gasteiger partial charge in [0.2, 0.25) is 5.91 Å². The van der Waals surface area contributed by atoms with Gasteiger partial charge in [-0.05, 0) is 20.8 Å². The highest BCUT2D eigenvalue weighted by Crippen LogP contribution is 2.05. The zero-order valence-corrected chi connectivity index (χ0v) is 9.82. The van der Waals surface area contributed by atoms with Gasteiger partial charge < -0.3 is 20.3 Å². The molecule has 0 aliphatic rings. The molecule has 0 rings (SSSR count). The van der Waals surface area contributed by atoms with Crippen LogP contribution < -0.4 is 5.32 Å². The van der Waals surface area contributed by atoms with E-state index < -0.39 is 23.5 Å². The predicted molar refractivity (Wildman–Crippen MR) is 57.0 cm³/mol. The van der Waals surface area contributed by atoms with E-state index >= 15 is 0 Å². The molecule has 0 unspecified atom stereocenters. The molecule has 0 aliphatic carbocycles. The maximum atomic E-state index is 11.3. The van der Waals surface area contributed by atoms with Gasteiger partial charge in [-0.2, -0.15) is 0 Å². The van der Waals surface area contributed by atoms with Crippen molar-refractivity contribution in [1.29, 1.82) is 0 Å². The smallest absolute Gasteiger partial charge is 0.326 e. The fourth-order valence-corrected chi connectivity index (χ4v) is 0.905. The van der Waals surface area contributed by atoms with Gasteiger partial charge in [0.05, 0.1) is 5.60 Å². The number of amides is 1. The average molecular weight is 233 g/mol. The number of carbonyl (C=O) groups excluding carboxylic acids is 1. The van der Waals surface area contributed by atoms with Gasteiger partial charge >= 0.3 is 5.97 Å². The van der Waals surface area contributed by atoms with E-state index in [1.54, 1.807) is 20.8 Å². The van der Waals surface area contributed by atoms with Crippen molar-refractivity contribution in [3.8, 4) is 0 Å². The van der Waals surface area contributed by atoms with E-state index in [4.69, 9.17) is 14.9 Å². The molecule has 0 bridgehead atoms. The normalized spacial score (nSPS) is 13.2. The Bertz CT molecular complexity index is 246. The van der Waals surface area contributed by atoms with Crippen molar-refractivity contribution in [2.75, 3.05) is 13.2 Å². The average Bonchev–Trinajstić information content (AvgIpc) is 2.13. The molecule has 0 aliphatic heterocycles. The fourth-order valence-electron chi connectivity index (χ4n) is 0.905. The number of ether oxygens (including phenoxy) is 1. The van der Waals surface area contributed by atoms with Crippen molar-refractivity contribution >= 4 is 11.9 Å². The monoisotopic (exact) mass is 233 g/mol. The molecule has 6 heteroatoms. The van der Waals surface area contributed by atoms with Crippen LogP contribution in [0.2, 0.25) is 0 Å². The van der Waals surface area contributed by atoms with Gasteiger partial charge in [0.25, 0.3) is 0 Å². The van der Waals surface area contributed by atoms with E-state index in [0.717, 1.165) is 0 Å². The lowest BCUT2D eigenvalue weighted by atomic mass is 10.2. The highest BCUT2D eigenvalue weighted by atomic mass is 16.5. The summed E-state index contributed by atoms with van der Waals surface area (Å²) in [5.74, 6) is -1.67. The molecule has 0 aromatic carbocycles. The van der Waals surface area contributed by atoms with Crippen molar-refractivity contribution in [1.82, 2.24) is 5.32 Å². The van der Waals surface area contributed by atoms with Crippen molar-refractivity contribution < 1.29 is 24.5 Å². The summed E-state index contributed by atoms with van der Waals surface area (Å²) in [5.41, 5.74) is -0.451. The minimum absolute atomic E-state index is 0.0173. The molecule has 1 atom stereocenters. The number of hydrogen-bond acceptors (Lipinski definition) is 4. The van der Waals surface area contributed by atoms with Crippen molar-refractivity contribution in [3.63, 3.8) is 0 Å². The van der Waals surface area contributed by atoms with E-state index in [9.17, 15) is 9.59 Å². The van der Waals surface area contributed by atoms with Crippen molar-refractivity contribution in [2.45, 2.75) is 38.8 Å². The lowest BCUT2D eigenvalue weighted by Gasteiger charge is -2.20. The molecule has 94 valence electrons. The number of carboxylic acids is 1. The summed E-state index contributed by atoms with van der Waals surface area (Å²) in [7, 11) is 0. The Morgan fingerprint density at radius 2 is 1.94 bits per heavy atom. The minimum Gasteiger partial charge on any atom is -0.480 e. The Balaban J connectivity index is 4.05. The molecule has 0 aromatic heterocycles. The van der Waals surface area contributed by atoms with Gasteiger partial charge in [-0.3, -0.25) is 4.79 Å². The van der Waals surface area contributed by atoms with Crippen LogP contribution in [0, 0.1) is 0 Å². The summed E-state index contributed by atoms with van der Waals surface area (Å²) in [5, 5.41) is 19.6. The first-order valence-corrected chi connectivity index (χ1v) is 5.03. The summed E-state index contributed by atoms with van der Waals surface area (Å²) >= 11 is 0. The molecule has 0 aromatic rings. The second-order valence-corrected chi connectivity index (χ2v) is 4.37. The Kier molecular flexibility index (Phi) is 5.98. The SMILES string of the molecule is CC(C)(C)OCC(=O)N[C@@H](CCO)C(=O)O. The number of hydrogen-bond donors (Lipinski definition) is 3. The van der Waals surface area contributed by atoms with E-state index in [2.05, 4.69) is 5.32 Å². The molecular formula is C10H19NO5. The van der Waals surface area contributed by atoms with Crippen LogP contribution in [-0.4, -0.2) is 46.9 Å². The van der Waals surface area contributed by atoms with Crippen LogP contribution in [0.15, 0.2) is 0 Å². The van der Waals surface area contributed by atoms with Gasteiger partial charge in [-0.25, -0.2) is 4.79 Å². The molecule has 16 heavy (non-hydrogen) atoms. The number of carbonyl (C=O) groups is 2. The van der Waals surface area contributed by atoms with Crippen LogP contribution in [0.4, 0.5) is 0 Å². The van der Waals surface area contributed by atoms with Crippen LogP contribution in [0.3, 0.4) is 0 Å². The highest BCUT2D eigenvalue weighted by Gasteiger charge is 2.20. The molecule has 0 saturated carbocycles. The largest absolute Gasteiger partial charge is 0.480 e. The summed E-state index contributed by atoms with van der Waals surface area (Å²) in [6.45, 7) is 4.89. The number of aliphatic carboxylic acids is 1. The maximum absolute atomic E-state index is 11.3. The molecule has 0 radical (unpaired) electrons. The quantitative estimate of drug-likeness (QED) is 0.588. The lowest BCUT2D eigenvalue weighted by Crippen LogP contribution is -2.43. The second-order valence-electron chi connectivity index (χ2n) is 4.37. The Labute approximate surface area is 94.6 Å². The van der Waals surface area contributed by atoms with E-state index in [1.807, 2.05) is 0 Å². The lowest BCUT2D eigenvalue weighted by molar-refractivity contribution is -0.144. The van der Waals surface area contributed by atoms with E-state index in [-0.39, 0.29) is 19.6 Å². The summed E-state index contributed by atoms with van der Waals surface area (Å²) in [4.78, 5) is 22.0. The molecule has 0 spiro atoms. The fraction of sp³-hybridized carbons (Fsp3) is 0.800. The topological polar surface area (TPSA) is 95.9 Å². The molecule has 0 fully saturated rings. The number of nitrogens with one attached hydrogen (secondary N) is 1. The predicted octanol–water partition coefficient (Wildman–Crippen LogP) is -0.247. The summed E-state index contributed by atoms with van der Waals surface area (Å²) in [6.07, 6.45) is -0.0173. The van der Waals surface area contributed by atoms with Crippen LogP contribution >= 0.6 is 0 Å². The van der Waals surface area contributed by atoms with Crippen LogP contribution in [0.5, 0.6) is 0 Å². The first-order valence-electron chi connectivity index (χ1n) is 5.03. The maximum Gasteiger partial charge on any atom is 0.326 e. The van der Waals surface area contributed by atoms with Gasteiger partial charge in [0, 0.05) is 13.0 Å². The minimum atomic E-state index is -1.17. The number of carboxylic acid groups (broad SMARTS) is 1. The Hall–Kier alpha value is -1.14. The molecule has 0 saturated heterocycles. The molecule has 0 heterocycles. The first kappa shape index (κ1) is 14.9. The number of aliphatic hydroxyl groups excluding tert-OH is 1. The molecule has 3 N–H and O–H groups in total. The van der Waals surface area contributed by atoms with E-state index in [0.29, 0.717) is 0 Å².